The molecule has 0 aliphatic carbocycles. The van der Waals surface area contributed by atoms with Gasteiger partial charge in [0.15, 0.2) is 0 Å². The van der Waals surface area contributed by atoms with Crippen LogP contribution in [0.3, 0.4) is 0 Å². The van der Waals surface area contributed by atoms with E-state index < -0.39 is 6.10 Å². The van der Waals surface area contributed by atoms with Crippen LogP contribution >= 0.6 is 0 Å². The molecule has 0 radical (unpaired) electrons. The maximum atomic E-state index is 10.5. The molecule has 3 nitrogen and oxygen atoms in total. The number of fused-ring (bicyclic) bond motifs is 1. The predicted octanol–water partition coefficient (Wildman–Crippen LogP) is 2.44. The first kappa shape index (κ1) is 11.2. The molecule has 1 aliphatic rings. The number of nitrogens with zero attached hydrogens (tertiary/aromatic N) is 1. The van der Waals surface area contributed by atoms with Crippen molar-refractivity contribution in [2.45, 2.75) is 19.4 Å². The molecule has 1 aromatic heterocycles. The number of nitrogens with one attached hydrogen (secondary N) is 1. The van der Waals surface area contributed by atoms with Crippen LogP contribution in [-0.2, 0) is 6.42 Å². The van der Waals surface area contributed by atoms with Gasteiger partial charge in [0.2, 0.25) is 0 Å². The van der Waals surface area contributed by atoms with E-state index in [1.54, 1.807) is 6.20 Å². The molecule has 18 heavy (non-hydrogen) atoms. The average molecular weight is 240 g/mol. The summed E-state index contributed by atoms with van der Waals surface area (Å²) >= 11 is 0. The molecule has 92 valence electrons. The van der Waals surface area contributed by atoms with Gasteiger partial charge in [0.25, 0.3) is 0 Å². The summed E-state index contributed by atoms with van der Waals surface area (Å²) in [6.45, 7) is 2.89. The number of aromatic nitrogens is 1. The summed E-state index contributed by atoms with van der Waals surface area (Å²) in [5, 5.41) is 13.8. The maximum Gasteiger partial charge on any atom is 0.108 e. The van der Waals surface area contributed by atoms with Gasteiger partial charge < -0.3 is 10.4 Å². The lowest BCUT2D eigenvalue weighted by Crippen LogP contribution is -2.04. The largest absolute Gasteiger partial charge is 0.384 e. The number of pyridine rings is 1. The Morgan fingerprint density at radius 3 is 2.94 bits per heavy atom. The van der Waals surface area contributed by atoms with Crippen LogP contribution in [0.2, 0.25) is 0 Å². The molecular formula is C15H16N2O. The number of para-hydroxylation sites is 1. The van der Waals surface area contributed by atoms with Crippen LogP contribution in [-0.4, -0.2) is 16.6 Å². The smallest absolute Gasteiger partial charge is 0.108 e. The first-order valence-electron chi connectivity index (χ1n) is 6.22. The van der Waals surface area contributed by atoms with Crippen molar-refractivity contribution in [2.24, 2.45) is 0 Å². The highest BCUT2D eigenvalue weighted by Crippen LogP contribution is 2.33. The fourth-order valence-corrected chi connectivity index (χ4v) is 2.41. The van der Waals surface area contributed by atoms with E-state index in [2.05, 4.69) is 16.4 Å². The number of benzene rings is 1. The highest BCUT2D eigenvalue weighted by atomic mass is 16.3. The third kappa shape index (κ3) is 1.87. The van der Waals surface area contributed by atoms with Crippen LogP contribution in [0.25, 0.3) is 0 Å². The minimum atomic E-state index is -0.612. The van der Waals surface area contributed by atoms with Crippen molar-refractivity contribution in [1.29, 1.82) is 0 Å². The average Bonchev–Trinajstić information content (AvgIpc) is 2.87. The van der Waals surface area contributed by atoms with Gasteiger partial charge in [-0.3, -0.25) is 4.98 Å². The van der Waals surface area contributed by atoms with Crippen LogP contribution in [0.5, 0.6) is 0 Å². The highest BCUT2D eigenvalue weighted by molar-refractivity contribution is 5.63. The summed E-state index contributed by atoms with van der Waals surface area (Å²) in [6.07, 6.45) is 2.16. The van der Waals surface area contributed by atoms with E-state index in [-0.39, 0.29) is 0 Å². The molecule has 0 spiro atoms. The number of aryl methyl sites for hydroxylation is 1. The Balaban J connectivity index is 2.00. The van der Waals surface area contributed by atoms with E-state index >= 15 is 0 Å². The number of hydrogen-bond donors (Lipinski definition) is 2. The molecule has 1 unspecified atom stereocenters. The number of aliphatic hydroxyl groups excluding tert-OH is 1. The molecule has 1 aromatic carbocycles. The van der Waals surface area contributed by atoms with Gasteiger partial charge >= 0.3 is 0 Å². The Morgan fingerprint density at radius 1 is 1.28 bits per heavy atom. The molecule has 3 rings (SSSR count). The van der Waals surface area contributed by atoms with Gasteiger partial charge in [0.05, 0.1) is 0 Å². The molecule has 2 aromatic rings. The SMILES string of the molecule is Cc1ccc(C(O)c2cccc3c2NCC3)cn1. The fourth-order valence-electron chi connectivity index (χ4n) is 2.41. The minimum Gasteiger partial charge on any atom is -0.384 e. The molecule has 2 heterocycles. The van der Waals surface area contributed by atoms with Crippen molar-refractivity contribution in [3.63, 3.8) is 0 Å². The lowest BCUT2D eigenvalue weighted by molar-refractivity contribution is 0.220. The molecule has 0 bridgehead atoms. The molecule has 0 fully saturated rings. The predicted molar refractivity (Wildman–Crippen MR) is 71.7 cm³/mol. The van der Waals surface area contributed by atoms with Gasteiger partial charge in [-0.25, -0.2) is 0 Å². The molecular weight excluding hydrogens is 224 g/mol. The van der Waals surface area contributed by atoms with Crippen molar-refractivity contribution < 1.29 is 5.11 Å². The van der Waals surface area contributed by atoms with Crippen LogP contribution in [0, 0.1) is 6.92 Å². The zero-order valence-electron chi connectivity index (χ0n) is 10.4. The number of anilines is 1. The second-order valence-corrected chi connectivity index (χ2v) is 4.69. The Labute approximate surface area is 107 Å². The summed E-state index contributed by atoms with van der Waals surface area (Å²) in [5.41, 5.74) is 5.11. The number of rotatable bonds is 2. The lowest BCUT2D eigenvalue weighted by atomic mass is 9.98. The molecule has 0 amide bonds. The van der Waals surface area contributed by atoms with Gasteiger partial charge in [-0.2, -0.15) is 0 Å². The monoisotopic (exact) mass is 240 g/mol. The van der Waals surface area contributed by atoms with E-state index in [1.165, 1.54) is 5.56 Å². The second-order valence-electron chi connectivity index (χ2n) is 4.69. The molecule has 0 saturated carbocycles. The van der Waals surface area contributed by atoms with Crippen LogP contribution in [0.4, 0.5) is 5.69 Å². The Hall–Kier alpha value is -1.87. The van der Waals surface area contributed by atoms with E-state index in [0.29, 0.717) is 0 Å². The topological polar surface area (TPSA) is 45.1 Å². The molecule has 0 saturated heterocycles. The summed E-state index contributed by atoms with van der Waals surface area (Å²) < 4.78 is 0. The molecule has 1 atom stereocenters. The van der Waals surface area contributed by atoms with Gasteiger partial charge in [0.1, 0.15) is 6.10 Å². The maximum absolute atomic E-state index is 10.5. The first-order chi connectivity index (χ1) is 8.75. The van der Waals surface area contributed by atoms with Gasteiger partial charge in [-0.05, 0) is 25.0 Å². The minimum absolute atomic E-state index is 0.612. The zero-order chi connectivity index (χ0) is 12.5. The van der Waals surface area contributed by atoms with Crippen molar-refractivity contribution in [3.05, 3.63) is 58.9 Å². The van der Waals surface area contributed by atoms with E-state index in [1.807, 2.05) is 31.2 Å². The Bertz CT molecular complexity index is 563. The van der Waals surface area contributed by atoms with Gasteiger partial charge in [0, 0.05) is 35.2 Å². The highest BCUT2D eigenvalue weighted by Gasteiger charge is 2.20. The van der Waals surface area contributed by atoms with E-state index in [0.717, 1.165) is 35.5 Å². The fraction of sp³-hybridized carbons (Fsp3) is 0.267. The standard InChI is InChI=1S/C15H16N2O/c1-10-5-6-12(9-17-10)15(18)13-4-2-3-11-7-8-16-14(11)13/h2-6,9,15-16,18H,7-8H2,1H3. The molecule has 2 N–H and O–H groups in total. The third-order valence-electron chi connectivity index (χ3n) is 3.42. The van der Waals surface area contributed by atoms with Crippen LogP contribution in [0.15, 0.2) is 36.5 Å². The van der Waals surface area contributed by atoms with Crippen LogP contribution < -0.4 is 5.32 Å². The molecule has 3 heteroatoms. The van der Waals surface area contributed by atoms with Crippen molar-refractivity contribution >= 4 is 5.69 Å². The number of hydrogen-bond acceptors (Lipinski definition) is 3. The zero-order valence-corrected chi connectivity index (χ0v) is 10.4. The van der Waals surface area contributed by atoms with Crippen molar-refractivity contribution in [3.8, 4) is 0 Å². The van der Waals surface area contributed by atoms with Crippen molar-refractivity contribution in [2.75, 3.05) is 11.9 Å². The van der Waals surface area contributed by atoms with Crippen LogP contribution in [0.1, 0.15) is 28.5 Å². The Morgan fingerprint density at radius 2 is 2.17 bits per heavy atom. The summed E-state index contributed by atoms with van der Waals surface area (Å²) in [5.74, 6) is 0. The summed E-state index contributed by atoms with van der Waals surface area (Å²) in [6, 6.07) is 9.95. The quantitative estimate of drug-likeness (QED) is 0.847. The first-order valence-corrected chi connectivity index (χ1v) is 6.22. The van der Waals surface area contributed by atoms with Crippen molar-refractivity contribution in [1.82, 2.24) is 4.98 Å². The van der Waals surface area contributed by atoms with E-state index in [9.17, 15) is 5.11 Å². The second kappa shape index (κ2) is 4.42. The number of aliphatic hydroxyl groups is 1. The van der Waals surface area contributed by atoms with Gasteiger partial charge in [-0.15, -0.1) is 0 Å². The Kier molecular flexibility index (Phi) is 2.76. The lowest BCUT2D eigenvalue weighted by Gasteiger charge is -2.15. The molecule has 1 aliphatic heterocycles. The summed E-state index contributed by atoms with van der Waals surface area (Å²) in [7, 11) is 0. The third-order valence-corrected chi connectivity index (χ3v) is 3.42. The normalized spacial score (nSPS) is 15.0. The van der Waals surface area contributed by atoms with E-state index in [4.69, 9.17) is 0 Å². The van der Waals surface area contributed by atoms with Gasteiger partial charge in [-0.1, -0.05) is 24.3 Å². The summed E-state index contributed by atoms with van der Waals surface area (Å²) in [4.78, 5) is 4.24.